The minimum absolute atomic E-state index is 0.167. The first-order valence-corrected chi connectivity index (χ1v) is 15.9. The van der Waals surface area contributed by atoms with Crippen LogP contribution in [0.5, 0.6) is 0 Å². The molecule has 0 radical (unpaired) electrons. The van der Waals surface area contributed by atoms with Gasteiger partial charge >= 0.3 is 11.9 Å². The summed E-state index contributed by atoms with van der Waals surface area (Å²) in [6.45, 7) is 6.47. The van der Waals surface area contributed by atoms with Gasteiger partial charge in [0, 0.05) is 12.8 Å². The van der Waals surface area contributed by atoms with Crippen LogP contribution in [0.2, 0.25) is 0 Å². The Kier molecular flexibility index (Phi) is 27.7. The first-order valence-electron chi connectivity index (χ1n) is 15.9. The molecule has 214 valence electrons. The Balaban J connectivity index is 3.39. The normalized spacial score (nSPS) is 12.0. The molecule has 0 aromatic carbocycles. The smallest absolute Gasteiger partial charge is 0.306 e. The van der Waals surface area contributed by atoms with E-state index in [9.17, 15) is 9.59 Å². The van der Waals surface area contributed by atoms with E-state index < -0.39 is 0 Å². The molecule has 0 fully saturated rings. The second-order valence-electron chi connectivity index (χ2n) is 10.9. The van der Waals surface area contributed by atoms with Crippen LogP contribution in [0.1, 0.15) is 181 Å². The Labute approximate surface area is 225 Å². The summed E-state index contributed by atoms with van der Waals surface area (Å²) in [5, 5.41) is 0. The molecule has 0 aliphatic heterocycles. The molecule has 4 nitrogen and oxygen atoms in total. The van der Waals surface area contributed by atoms with Gasteiger partial charge in [0.05, 0.1) is 0 Å². The molecule has 0 amide bonds. The van der Waals surface area contributed by atoms with E-state index in [2.05, 4.69) is 13.8 Å². The van der Waals surface area contributed by atoms with E-state index in [0.29, 0.717) is 12.8 Å². The lowest BCUT2D eigenvalue weighted by molar-refractivity contribution is -0.158. The van der Waals surface area contributed by atoms with Gasteiger partial charge in [-0.3, -0.25) is 9.59 Å². The number of hydrogen-bond donors (Lipinski definition) is 0. The van der Waals surface area contributed by atoms with Crippen molar-refractivity contribution in [1.29, 1.82) is 0 Å². The fourth-order valence-electron chi connectivity index (χ4n) is 4.64. The van der Waals surface area contributed by atoms with Crippen LogP contribution in [0.4, 0.5) is 0 Å². The largest absolute Gasteiger partial charge is 0.462 e. The second kappa shape index (κ2) is 28.5. The molecule has 0 rings (SSSR count). The Bertz CT molecular complexity index is 477. The van der Waals surface area contributed by atoms with Crippen molar-refractivity contribution in [2.45, 2.75) is 187 Å². The van der Waals surface area contributed by atoms with Gasteiger partial charge in [0.2, 0.25) is 0 Å². The van der Waals surface area contributed by atoms with E-state index in [1.807, 2.05) is 0 Å². The minimum atomic E-state index is -0.364. The average Bonchev–Trinajstić information content (AvgIpc) is 2.86. The summed E-state index contributed by atoms with van der Waals surface area (Å²) in [7, 11) is 0. The third kappa shape index (κ3) is 27.5. The lowest BCUT2D eigenvalue weighted by atomic mass is 10.0. The molecule has 36 heavy (non-hydrogen) atoms. The predicted octanol–water partition coefficient (Wildman–Crippen LogP) is 10.3. The molecular formula is C32H62O4. The monoisotopic (exact) mass is 510 g/mol. The SMILES string of the molecule is CCCCCCCCCCCCCCCCCC(=O)OCC(C)OC(=O)CCCCCCCCCC. The molecule has 0 aromatic heterocycles. The highest BCUT2D eigenvalue weighted by molar-refractivity contribution is 5.70. The van der Waals surface area contributed by atoms with Gasteiger partial charge in [0.15, 0.2) is 0 Å². The summed E-state index contributed by atoms with van der Waals surface area (Å²) in [5.74, 6) is -0.345. The van der Waals surface area contributed by atoms with E-state index >= 15 is 0 Å². The van der Waals surface area contributed by atoms with Gasteiger partial charge < -0.3 is 9.47 Å². The first-order chi connectivity index (χ1) is 17.6. The molecular weight excluding hydrogens is 448 g/mol. The molecule has 0 heterocycles. The van der Waals surface area contributed by atoms with Crippen LogP contribution in [0.25, 0.3) is 0 Å². The van der Waals surface area contributed by atoms with Crippen LogP contribution < -0.4 is 0 Å². The highest BCUT2D eigenvalue weighted by Gasteiger charge is 2.12. The van der Waals surface area contributed by atoms with Gasteiger partial charge in [-0.1, -0.05) is 149 Å². The summed E-state index contributed by atoms with van der Waals surface area (Å²) in [6, 6.07) is 0. The molecule has 0 bridgehead atoms. The average molecular weight is 511 g/mol. The maximum atomic E-state index is 11.9. The highest BCUT2D eigenvalue weighted by Crippen LogP contribution is 2.14. The summed E-state index contributed by atoms with van der Waals surface area (Å²) in [6.07, 6.45) is 30.0. The van der Waals surface area contributed by atoms with E-state index in [1.165, 1.54) is 122 Å². The molecule has 0 saturated heterocycles. The number of hydrogen-bond acceptors (Lipinski definition) is 4. The standard InChI is InChI=1S/C32H62O4/c1-4-6-8-10-12-14-15-16-17-18-19-20-22-23-25-27-31(33)35-29-30(3)36-32(34)28-26-24-21-13-11-9-7-5-2/h30H,4-29H2,1-3H3. The summed E-state index contributed by atoms with van der Waals surface area (Å²) < 4.78 is 10.7. The lowest BCUT2D eigenvalue weighted by Crippen LogP contribution is -2.22. The van der Waals surface area contributed by atoms with Gasteiger partial charge in [0.1, 0.15) is 12.7 Å². The van der Waals surface area contributed by atoms with Crippen molar-refractivity contribution in [2.75, 3.05) is 6.61 Å². The summed E-state index contributed by atoms with van der Waals surface area (Å²) in [4.78, 5) is 23.9. The van der Waals surface area contributed by atoms with Crippen LogP contribution in [0, 0.1) is 0 Å². The Morgan fingerprint density at radius 3 is 1.14 bits per heavy atom. The van der Waals surface area contributed by atoms with Gasteiger partial charge in [0.25, 0.3) is 0 Å². The van der Waals surface area contributed by atoms with Crippen molar-refractivity contribution >= 4 is 11.9 Å². The first kappa shape index (κ1) is 34.9. The van der Waals surface area contributed by atoms with Crippen LogP contribution in [-0.2, 0) is 19.1 Å². The highest BCUT2D eigenvalue weighted by atomic mass is 16.6. The number of unbranched alkanes of at least 4 members (excludes halogenated alkanes) is 21. The maximum absolute atomic E-state index is 11.9. The Hall–Kier alpha value is -1.06. The lowest BCUT2D eigenvalue weighted by Gasteiger charge is -2.13. The van der Waals surface area contributed by atoms with Crippen molar-refractivity contribution in [2.24, 2.45) is 0 Å². The van der Waals surface area contributed by atoms with Gasteiger partial charge in [-0.2, -0.15) is 0 Å². The topological polar surface area (TPSA) is 52.6 Å². The van der Waals surface area contributed by atoms with Gasteiger partial charge in [-0.15, -0.1) is 0 Å². The minimum Gasteiger partial charge on any atom is -0.462 e. The van der Waals surface area contributed by atoms with E-state index in [-0.39, 0.29) is 24.6 Å². The van der Waals surface area contributed by atoms with E-state index in [1.54, 1.807) is 6.92 Å². The molecule has 0 aromatic rings. The molecule has 0 spiro atoms. The summed E-state index contributed by atoms with van der Waals surface area (Å²) >= 11 is 0. The molecule has 1 atom stereocenters. The zero-order valence-electron chi connectivity index (χ0n) is 24.6. The third-order valence-electron chi connectivity index (χ3n) is 7.03. The number of esters is 2. The van der Waals surface area contributed by atoms with Crippen LogP contribution in [0.15, 0.2) is 0 Å². The Morgan fingerprint density at radius 2 is 0.778 bits per heavy atom. The second-order valence-corrected chi connectivity index (χ2v) is 10.9. The fraction of sp³-hybridized carbons (Fsp3) is 0.938. The number of carbonyl (C=O) groups is 2. The molecule has 4 heteroatoms. The van der Waals surface area contributed by atoms with Crippen molar-refractivity contribution in [3.63, 3.8) is 0 Å². The van der Waals surface area contributed by atoms with Crippen molar-refractivity contribution in [3.8, 4) is 0 Å². The van der Waals surface area contributed by atoms with E-state index in [0.717, 1.165) is 25.7 Å². The van der Waals surface area contributed by atoms with Crippen LogP contribution >= 0.6 is 0 Å². The van der Waals surface area contributed by atoms with Crippen LogP contribution in [-0.4, -0.2) is 24.6 Å². The maximum Gasteiger partial charge on any atom is 0.306 e. The Morgan fingerprint density at radius 1 is 0.472 bits per heavy atom. The molecule has 0 saturated carbocycles. The third-order valence-corrected chi connectivity index (χ3v) is 7.03. The van der Waals surface area contributed by atoms with Gasteiger partial charge in [-0.05, 0) is 19.8 Å². The molecule has 0 aliphatic rings. The molecule has 0 N–H and O–H groups in total. The molecule has 0 aliphatic carbocycles. The number of carbonyl (C=O) groups excluding carboxylic acids is 2. The number of rotatable bonds is 28. The quantitative estimate of drug-likeness (QED) is 0.0775. The zero-order chi connectivity index (χ0) is 26.5. The van der Waals surface area contributed by atoms with E-state index in [4.69, 9.17) is 9.47 Å². The van der Waals surface area contributed by atoms with Crippen molar-refractivity contribution in [3.05, 3.63) is 0 Å². The van der Waals surface area contributed by atoms with Crippen molar-refractivity contribution in [1.82, 2.24) is 0 Å². The fourth-order valence-corrected chi connectivity index (χ4v) is 4.64. The predicted molar refractivity (Wildman–Crippen MR) is 153 cm³/mol. The number of ether oxygens (including phenoxy) is 2. The zero-order valence-corrected chi connectivity index (χ0v) is 24.6. The van der Waals surface area contributed by atoms with Gasteiger partial charge in [-0.25, -0.2) is 0 Å². The summed E-state index contributed by atoms with van der Waals surface area (Å²) in [5.41, 5.74) is 0. The molecule has 1 unspecified atom stereocenters. The van der Waals surface area contributed by atoms with Crippen molar-refractivity contribution < 1.29 is 19.1 Å². The van der Waals surface area contributed by atoms with Crippen LogP contribution in [0.3, 0.4) is 0 Å².